The van der Waals surface area contributed by atoms with Crippen LogP contribution in [0.5, 0.6) is 0 Å². The monoisotopic (exact) mass is 359 g/mol. The Morgan fingerprint density at radius 2 is 1.88 bits per heavy atom. The molecule has 1 aliphatic carbocycles. The van der Waals surface area contributed by atoms with Crippen molar-refractivity contribution in [2.45, 2.75) is 16.9 Å². The summed E-state index contributed by atoms with van der Waals surface area (Å²) in [5.41, 5.74) is 2.75. The van der Waals surface area contributed by atoms with Crippen LogP contribution in [0.4, 0.5) is 10.1 Å². The number of carbonyl (C=O) groups excluding carboxylic acids is 1. The molecule has 0 bridgehead atoms. The Bertz CT molecular complexity index is 761. The molecule has 2 aromatic rings. The summed E-state index contributed by atoms with van der Waals surface area (Å²) in [7, 11) is 0. The number of halogens is 1. The van der Waals surface area contributed by atoms with Crippen LogP contribution in [-0.2, 0) is 4.79 Å². The summed E-state index contributed by atoms with van der Waals surface area (Å²) in [5.74, 6) is 2.02. The molecule has 2 atom stereocenters. The van der Waals surface area contributed by atoms with E-state index in [-0.39, 0.29) is 23.6 Å². The number of thioether (sulfide) groups is 2. The number of hydrogen-bond acceptors (Lipinski definition) is 3. The number of nitrogens with one attached hydrogen (secondary N) is 1. The smallest absolute Gasteiger partial charge is 0.228 e. The summed E-state index contributed by atoms with van der Waals surface area (Å²) >= 11 is 3.90. The number of benzene rings is 2. The molecular weight excluding hydrogens is 341 g/mol. The first-order valence-corrected chi connectivity index (χ1v) is 10.2. The lowest BCUT2D eigenvalue weighted by atomic mass is 10.1. The van der Waals surface area contributed by atoms with Gasteiger partial charge in [-0.25, -0.2) is 4.39 Å². The summed E-state index contributed by atoms with van der Waals surface area (Å²) in [6.45, 7) is 0. The van der Waals surface area contributed by atoms with E-state index < -0.39 is 0 Å². The van der Waals surface area contributed by atoms with Crippen molar-refractivity contribution in [1.29, 1.82) is 0 Å². The maximum absolute atomic E-state index is 13.8. The van der Waals surface area contributed by atoms with Gasteiger partial charge >= 0.3 is 0 Å². The minimum absolute atomic E-state index is 0.00729. The summed E-state index contributed by atoms with van der Waals surface area (Å²) < 4.78 is 14.3. The Morgan fingerprint density at radius 3 is 2.67 bits per heavy atom. The summed E-state index contributed by atoms with van der Waals surface area (Å²) in [6.07, 6.45) is 0.723. The maximum Gasteiger partial charge on any atom is 0.228 e. The second-order valence-electron chi connectivity index (χ2n) is 6.16. The van der Waals surface area contributed by atoms with E-state index >= 15 is 0 Å². The van der Waals surface area contributed by atoms with E-state index in [4.69, 9.17) is 0 Å². The third-order valence-electron chi connectivity index (χ3n) is 4.48. The lowest BCUT2D eigenvalue weighted by Gasteiger charge is -2.11. The molecule has 4 rings (SSSR count). The lowest BCUT2D eigenvalue weighted by molar-refractivity contribution is -0.117. The van der Waals surface area contributed by atoms with Gasteiger partial charge in [0.2, 0.25) is 5.91 Å². The zero-order valence-corrected chi connectivity index (χ0v) is 14.7. The first-order valence-electron chi connectivity index (χ1n) is 8.11. The highest BCUT2D eigenvalue weighted by molar-refractivity contribution is 8.19. The van der Waals surface area contributed by atoms with E-state index in [1.54, 1.807) is 12.1 Å². The molecule has 1 N–H and O–H groups in total. The SMILES string of the molecule is O=C(Nc1cccc(C2SCCS2)c1)C1CC1c1ccccc1F. The van der Waals surface area contributed by atoms with Gasteiger partial charge in [0.15, 0.2) is 0 Å². The van der Waals surface area contributed by atoms with Crippen LogP contribution in [0.15, 0.2) is 48.5 Å². The summed E-state index contributed by atoms with van der Waals surface area (Å²) in [4.78, 5) is 12.5. The zero-order chi connectivity index (χ0) is 16.5. The quantitative estimate of drug-likeness (QED) is 0.828. The molecule has 2 aromatic carbocycles. The van der Waals surface area contributed by atoms with Gasteiger partial charge in [0, 0.05) is 23.1 Å². The minimum Gasteiger partial charge on any atom is -0.326 e. The lowest BCUT2D eigenvalue weighted by Crippen LogP contribution is -2.14. The van der Waals surface area contributed by atoms with E-state index in [0.29, 0.717) is 10.1 Å². The molecule has 1 aliphatic heterocycles. The number of amides is 1. The van der Waals surface area contributed by atoms with E-state index in [2.05, 4.69) is 17.4 Å². The second kappa shape index (κ2) is 6.81. The second-order valence-corrected chi connectivity index (χ2v) is 8.88. The molecule has 1 heterocycles. The fourth-order valence-corrected chi connectivity index (χ4v) is 5.99. The molecule has 1 saturated heterocycles. The largest absolute Gasteiger partial charge is 0.326 e. The Labute approximate surface area is 149 Å². The van der Waals surface area contributed by atoms with Crippen LogP contribution in [0.3, 0.4) is 0 Å². The third-order valence-corrected chi connectivity index (χ3v) is 7.58. The predicted molar refractivity (Wildman–Crippen MR) is 100.0 cm³/mol. The van der Waals surface area contributed by atoms with Gasteiger partial charge in [-0.1, -0.05) is 30.3 Å². The van der Waals surface area contributed by atoms with Gasteiger partial charge in [0.1, 0.15) is 5.82 Å². The summed E-state index contributed by atoms with van der Waals surface area (Å²) in [5, 5.41) is 3.01. The molecule has 1 saturated carbocycles. The first kappa shape index (κ1) is 16.0. The first-order chi connectivity index (χ1) is 11.7. The molecule has 2 fully saturated rings. The highest BCUT2D eigenvalue weighted by atomic mass is 32.2. The number of carbonyl (C=O) groups is 1. The van der Waals surface area contributed by atoms with Gasteiger partial charge in [-0.05, 0) is 41.7 Å². The fraction of sp³-hybridized carbons (Fsp3) is 0.316. The topological polar surface area (TPSA) is 29.1 Å². The van der Waals surface area contributed by atoms with Gasteiger partial charge < -0.3 is 5.32 Å². The van der Waals surface area contributed by atoms with Gasteiger partial charge in [0.05, 0.1) is 4.58 Å². The molecule has 1 amide bonds. The molecule has 24 heavy (non-hydrogen) atoms. The van der Waals surface area contributed by atoms with Crippen LogP contribution in [0.1, 0.15) is 28.0 Å². The van der Waals surface area contributed by atoms with Crippen LogP contribution in [-0.4, -0.2) is 17.4 Å². The van der Waals surface area contributed by atoms with Crippen molar-refractivity contribution in [3.8, 4) is 0 Å². The van der Waals surface area contributed by atoms with E-state index in [1.165, 1.54) is 23.1 Å². The van der Waals surface area contributed by atoms with E-state index in [1.807, 2.05) is 41.7 Å². The fourth-order valence-electron chi connectivity index (χ4n) is 3.15. The van der Waals surface area contributed by atoms with Crippen LogP contribution < -0.4 is 5.32 Å². The van der Waals surface area contributed by atoms with Crippen molar-refractivity contribution >= 4 is 35.1 Å². The highest BCUT2D eigenvalue weighted by Gasteiger charge is 2.45. The van der Waals surface area contributed by atoms with Crippen molar-refractivity contribution in [3.63, 3.8) is 0 Å². The molecule has 5 heteroatoms. The van der Waals surface area contributed by atoms with E-state index in [9.17, 15) is 9.18 Å². The number of anilines is 1. The Kier molecular flexibility index (Phi) is 4.55. The van der Waals surface area contributed by atoms with Crippen molar-refractivity contribution in [3.05, 3.63) is 65.5 Å². The minimum atomic E-state index is -0.213. The zero-order valence-electron chi connectivity index (χ0n) is 13.1. The van der Waals surface area contributed by atoms with Crippen LogP contribution >= 0.6 is 23.5 Å². The Hall–Kier alpha value is -1.46. The van der Waals surface area contributed by atoms with Gasteiger partial charge in [-0.2, -0.15) is 0 Å². The van der Waals surface area contributed by atoms with Crippen LogP contribution in [0.2, 0.25) is 0 Å². The van der Waals surface area contributed by atoms with E-state index in [0.717, 1.165) is 12.1 Å². The molecule has 0 spiro atoms. The van der Waals surface area contributed by atoms with Crippen LogP contribution in [0, 0.1) is 11.7 Å². The number of hydrogen-bond donors (Lipinski definition) is 1. The van der Waals surface area contributed by atoms with Gasteiger partial charge in [-0.3, -0.25) is 4.79 Å². The van der Waals surface area contributed by atoms with Crippen molar-refractivity contribution in [1.82, 2.24) is 0 Å². The van der Waals surface area contributed by atoms with Gasteiger partial charge in [-0.15, -0.1) is 23.5 Å². The van der Waals surface area contributed by atoms with Crippen molar-refractivity contribution in [2.24, 2.45) is 5.92 Å². The summed E-state index contributed by atoms with van der Waals surface area (Å²) in [6, 6.07) is 14.8. The predicted octanol–water partition coefficient (Wildman–Crippen LogP) is 5.05. The molecule has 0 aromatic heterocycles. The molecule has 2 aliphatic rings. The molecular formula is C19H18FNOS2. The van der Waals surface area contributed by atoms with Crippen LogP contribution in [0.25, 0.3) is 0 Å². The average Bonchev–Trinajstić information content (AvgIpc) is 3.19. The normalized spacial score (nSPS) is 23.2. The molecule has 124 valence electrons. The van der Waals surface area contributed by atoms with Crippen molar-refractivity contribution in [2.75, 3.05) is 16.8 Å². The number of rotatable bonds is 4. The Morgan fingerprint density at radius 1 is 1.08 bits per heavy atom. The van der Waals surface area contributed by atoms with Gasteiger partial charge in [0.25, 0.3) is 0 Å². The van der Waals surface area contributed by atoms with Crippen molar-refractivity contribution < 1.29 is 9.18 Å². The third kappa shape index (κ3) is 3.33. The average molecular weight is 359 g/mol. The molecule has 2 unspecified atom stereocenters. The Balaban J connectivity index is 1.42. The maximum atomic E-state index is 13.8. The molecule has 2 nitrogen and oxygen atoms in total. The standard InChI is InChI=1S/C19H18FNOS2/c20-17-7-2-1-6-14(17)15-11-16(15)18(22)21-13-5-3-4-12(10-13)19-23-8-9-24-19/h1-7,10,15-16,19H,8-9,11H2,(H,21,22). The molecule has 0 radical (unpaired) electrons. The highest BCUT2D eigenvalue weighted by Crippen LogP contribution is 2.49.